The molecule has 1 aliphatic rings. The first-order valence-corrected chi connectivity index (χ1v) is 13.6. The van der Waals surface area contributed by atoms with Crippen LogP contribution in [0.1, 0.15) is 63.3 Å². The quantitative estimate of drug-likeness (QED) is 0.372. The van der Waals surface area contributed by atoms with E-state index in [-0.39, 0.29) is 12.2 Å². The van der Waals surface area contributed by atoms with Gasteiger partial charge in [0.1, 0.15) is 5.75 Å². The number of thiazole rings is 1. The third-order valence-electron chi connectivity index (χ3n) is 5.99. The molecule has 1 aromatic heterocycles. The first kappa shape index (κ1) is 26.1. The number of allylic oxidation sites excluding steroid dienone is 1. The lowest BCUT2D eigenvalue weighted by Crippen LogP contribution is -2.39. The van der Waals surface area contributed by atoms with Gasteiger partial charge in [0.25, 0.3) is 5.56 Å². The third-order valence-corrected chi connectivity index (χ3v) is 7.59. The summed E-state index contributed by atoms with van der Waals surface area (Å²) in [6, 6.07) is 13.1. The van der Waals surface area contributed by atoms with E-state index in [2.05, 4.69) is 34.8 Å². The molecule has 0 amide bonds. The Bertz CT molecular complexity index is 1500. The molecule has 0 fully saturated rings. The number of carbonyl (C=O) groups is 1. The maximum absolute atomic E-state index is 13.7. The van der Waals surface area contributed by atoms with Crippen LogP contribution in [-0.2, 0) is 9.53 Å². The number of halogens is 1. The van der Waals surface area contributed by atoms with Gasteiger partial charge in [-0.15, -0.1) is 0 Å². The van der Waals surface area contributed by atoms with Crippen LogP contribution >= 0.6 is 27.3 Å². The van der Waals surface area contributed by atoms with Gasteiger partial charge in [-0.2, -0.15) is 0 Å². The zero-order valence-electron chi connectivity index (χ0n) is 21.0. The molecule has 4 rings (SSSR count). The van der Waals surface area contributed by atoms with E-state index in [0.717, 1.165) is 21.3 Å². The largest absolute Gasteiger partial charge is 0.493 e. The van der Waals surface area contributed by atoms with Crippen molar-refractivity contribution >= 4 is 39.3 Å². The number of aromatic nitrogens is 1. The summed E-state index contributed by atoms with van der Waals surface area (Å²) >= 11 is 4.85. The molecule has 1 unspecified atom stereocenters. The fourth-order valence-corrected chi connectivity index (χ4v) is 5.76. The van der Waals surface area contributed by atoms with Crippen molar-refractivity contribution in [1.29, 1.82) is 0 Å². The molecule has 3 aromatic rings. The molecule has 0 saturated carbocycles. The fraction of sp³-hybridized carbons (Fsp3) is 0.321. The van der Waals surface area contributed by atoms with Gasteiger partial charge in [-0.25, -0.2) is 9.79 Å². The third kappa shape index (κ3) is 5.11. The minimum atomic E-state index is -0.615. The lowest BCUT2D eigenvalue weighted by atomic mass is 9.93. The molecule has 0 spiro atoms. The Hall–Kier alpha value is -2.97. The Balaban J connectivity index is 1.89. The summed E-state index contributed by atoms with van der Waals surface area (Å²) in [5.74, 6) is 0.661. The van der Waals surface area contributed by atoms with Crippen molar-refractivity contribution < 1.29 is 14.3 Å². The van der Waals surface area contributed by atoms with Gasteiger partial charge >= 0.3 is 5.97 Å². The predicted octanol–water partition coefficient (Wildman–Crippen LogP) is 5.08. The lowest BCUT2D eigenvalue weighted by molar-refractivity contribution is -0.139. The number of esters is 1. The lowest BCUT2D eigenvalue weighted by Gasteiger charge is -2.25. The Morgan fingerprint density at radius 2 is 1.89 bits per heavy atom. The molecule has 2 aromatic carbocycles. The smallest absolute Gasteiger partial charge is 0.338 e. The summed E-state index contributed by atoms with van der Waals surface area (Å²) in [6.45, 7) is 10.6. The molecular formula is C28H29BrN2O4S. The minimum absolute atomic E-state index is 0.198. The molecule has 36 heavy (non-hydrogen) atoms. The van der Waals surface area contributed by atoms with E-state index in [4.69, 9.17) is 9.47 Å². The second-order valence-corrected chi connectivity index (χ2v) is 10.6. The summed E-state index contributed by atoms with van der Waals surface area (Å²) < 4.78 is 13.9. The van der Waals surface area contributed by atoms with Crippen molar-refractivity contribution in [3.63, 3.8) is 0 Å². The monoisotopic (exact) mass is 568 g/mol. The highest BCUT2D eigenvalue weighted by Crippen LogP contribution is 2.31. The van der Waals surface area contributed by atoms with Gasteiger partial charge in [0.2, 0.25) is 0 Å². The Labute approximate surface area is 222 Å². The Morgan fingerprint density at radius 1 is 1.17 bits per heavy atom. The van der Waals surface area contributed by atoms with Crippen molar-refractivity contribution in [1.82, 2.24) is 4.57 Å². The van der Waals surface area contributed by atoms with Crippen LogP contribution in [0.3, 0.4) is 0 Å². The average Bonchev–Trinajstić information content (AvgIpc) is 3.14. The van der Waals surface area contributed by atoms with Crippen LogP contribution in [0.4, 0.5) is 0 Å². The van der Waals surface area contributed by atoms with Gasteiger partial charge < -0.3 is 9.47 Å². The molecule has 0 aliphatic carbocycles. The van der Waals surface area contributed by atoms with Crippen LogP contribution in [0.25, 0.3) is 6.08 Å². The zero-order chi connectivity index (χ0) is 26.0. The van der Waals surface area contributed by atoms with Crippen LogP contribution in [0.15, 0.2) is 68.0 Å². The van der Waals surface area contributed by atoms with Crippen LogP contribution in [0.5, 0.6) is 5.75 Å². The molecule has 0 saturated heterocycles. The normalized spacial score (nSPS) is 15.6. The number of ether oxygens (including phenoxy) is 2. The minimum Gasteiger partial charge on any atom is -0.493 e. The summed E-state index contributed by atoms with van der Waals surface area (Å²) in [5.41, 5.74) is 3.63. The number of nitrogens with zero attached hydrogens (tertiary/aromatic N) is 2. The van der Waals surface area contributed by atoms with E-state index in [0.29, 0.717) is 33.1 Å². The molecule has 0 bridgehead atoms. The van der Waals surface area contributed by atoms with Crippen molar-refractivity contribution in [2.45, 2.75) is 46.6 Å². The molecule has 0 N–H and O–H groups in total. The van der Waals surface area contributed by atoms with E-state index in [1.165, 1.54) is 16.9 Å². The highest BCUT2D eigenvalue weighted by Gasteiger charge is 2.33. The predicted molar refractivity (Wildman–Crippen MR) is 146 cm³/mol. The molecule has 0 radical (unpaired) electrons. The van der Waals surface area contributed by atoms with Crippen LogP contribution < -0.4 is 19.6 Å². The van der Waals surface area contributed by atoms with Gasteiger partial charge in [0.15, 0.2) is 4.80 Å². The number of benzene rings is 2. The SMILES string of the molecule is CCOC(=O)C1=C(C)N=c2s/c(=C/c3ccc(OCC)c(Br)c3)c(=O)n2C1c1ccc(C(C)C)cc1. The summed E-state index contributed by atoms with van der Waals surface area (Å²) in [7, 11) is 0. The fourth-order valence-electron chi connectivity index (χ4n) is 4.20. The summed E-state index contributed by atoms with van der Waals surface area (Å²) in [4.78, 5) is 32.0. The summed E-state index contributed by atoms with van der Waals surface area (Å²) in [5, 5.41) is 0. The van der Waals surface area contributed by atoms with E-state index in [1.807, 2.05) is 55.5 Å². The van der Waals surface area contributed by atoms with Gasteiger partial charge in [-0.05, 0) is 77.5 Å². The van der Waals surface area contributed by atoms with Crippen molar-refractivity contribution in [3.8, 4) is 5.75 Å². The van der Waals surface area contributed by atoms with E-state index in [9.17, 15) is 9.59 Å². The summed E-state index contributed by atoms with van der Waals surface area (Å²) in [6.07, 6.45) is 1.84. The number of fused-ring (bicyclic) bond motifs is 1. The van der Waals surface area contributed by atoms with E-state index >= 15 is 0 Å². The molecule has 1 aliphatic heterocycles. The number of rotatable bonds is 7. The van der Waals surface area contributed by atoms with Gasteiger partial charge in [0, 0.05) is 0 Å². The number of hydrogen-bond acceptors (Lipinski definition) is 6. The zero-order valence-corrected chi connectivity index (χ0v) is 23.4. The standard InChI is InChI=1S/C28H29BrN2O4S/c1-6-34-22-13-8-18(14-21(22)29)15-23-26(32)31-25(20-11-9-19(10-12-20)16(3)4)24(27(33)35-7-2)17(5)30-28(31)36-23/h8-16,25H,6-7H2,1-5H3/b23-15+. The second kappa shape index (κ2) is 11.0. The topological polar surface area (TPSA) is 69.9 Å². The molecular weight excluding hydrogens is 540 g/mol. The number of hydrogen-bond donors (Lipinski definition) is 0. The van der Waals surface area contributed by atoms with E-state index in [1.54, 1.807) is 18.4 Å². The van der Waals surface area contributed by atoms with Crippen molar-refractivity contribution in [2.24, 2.45) is 4.99 Å². The van der Waals surface area contributed by atoms with Crippen molar-refractivity contribution in [3.05, 3.63) is 94.6 Å². The molecule has 1 atom stereocenters. The molecule has 188 valence electrons. The highest BCUT2D eigenvalue weighted by atomic mass is 79.9. The second-order valence-electron chi connectivity index (χ2n) is 8.75. The maximum Gasteiger partial charge on any atom is 0.338 e. The molecule has 8 heteroatoms. The Morgan fingerprint density at radius 3 is 2.50 bits per heavy atom. The maximum atomic E-state index is 13.7. The Kier molecular flexibility index (Phi) is 7.95. The highest BCUT2D eigenvalue weighted by molar-refractivity contribution is 9.10. The van der Waals surface area contributed by atoms with Gasteiger partial charge in [-0.1, -0.05) is 55.5 Å². The first-order valence-electron chi connectivity index (χ1n) is 12.0. The number of carbonyl (C=O) groups excluding carboxylic acids is 1. The van der Waals surface area contributed by atoms with Crippen LogP contribution in [0.2, 0.25) is 0 Å². The molecule has 2 heterocycles. The average molecular weight is 570 g/mol. The van der Waals surface area contributed by atoms with Gasteiger partial charge in [0.05, 0.1) is 39.5 Å². The van der Waals surface area contributed by atoms with Crippen LogP contribution in [0, 0.1) is 0 Å². The molecule has 6 nitrogen and oxygen atoms in total. The van der Waals surface area contributed by atoms with Gasteiger partial charge in [-0.3, -0.25) is 9.36 Å². The first-order chi connectivity index (χ1) is 17.2. The van der Waals surface area contributed by atoms with E-state index < -0.39 is 12.0 Å². The van der Waals surface area contributed by atoms with Crippen molar-refractivity contribution in [2.75, 3.05) is 13.2 Å². The van der Waals surface area contributed by atoms with Crippen LogP contribution in [-0.4, -0.2) is 23.8 Å².